The summed E-state index contributed by atoms with van der Waals surface area (Å²) in [6, 6.07) is 6.37. The zero-order valence-corrected chi connectivity index (χ0v) is 11.2. The SMILES string of the molecule is CCCNC1COc2cccc(OC)c2C1.Cl. The minimum Gasteiger partial charge on any atom is -0.496 e. The Hall–Kier alpha value is -0.930. The quantitative estimate of drug-likeness (QED) is 0.899. The van der Waals surface area contributed by atoms with Crippen molar-refractivity contribution in [3.8, 4) is 11.5 Å². The van der Waals surface area contributed by atoms with Crippen molar-refractivity contribution in [1.29, 1.82) is 0 Å². The molecule has 17 heavy (non-hydrogen) atoms. The number of fused-ring (bicyclic) bond motifs is 1. The van der Waals surface area contributed by atoms with Crippen molar-refractivity contribution in [1.82, 2.24) is 5.32 Å². The van der Waals surface area contributed by atoms with Gasteiger partial charge in [0, 0.05) is 11.6 Å². The monoisotopic (exact) mass is 257 g/mol. The normalized spacial score (nSPS) is 17.6. The van der Waals surface area contributed by atoms with Crippen LogP contribution < -0.4 is 14.8 Å². The van der Waals surface area contributed by atoms with E-state index in [1.54, 1.807) is 7.11 Å². The molecule has 0 saturated carbocycles. The highest BCUT2D eigenvalue weighted by molar-refractivity contribution is 5.85. The molecule has 96 valence electrons. The van der Waals surface area contributed by atoms with E-state index >= 15 is 0 Å². The topological polar surface area (TPSA) is 30.5 Å². The summed E-state index contributed by atoms with van der Waals surface area (Å²) in [4.78, 5) is 0. The highest BCUT2D eigenvalue weighted by atomic mass is 35.5. The fourth-order valence-electron chi connectivity index (χ4n) is 2.05. The maximum Gasteiger partial charge on any atom is 0.126 e. The summed E-state index contributed by atoms with van der Waals surface area (Å²) in [5.41, 5.74) is 1.19. The Balaban J connectivity index is 0.00000144. The largest absolute Gasteiger partial charge is 0.496 e. The smallest absolute Gasteiger partial charge is 0.126 e. The lowest BCUT2D eigenvalue weighted by atomic mass is 10.0. The highest BCUT2D eigenvalue weighted by Gasteiger charge is 2.21. The van der Waals surface area contributed by atoms with Gasteiger partial charge in [0.2, 0.25) is 0 Å². The fourth-order valence-corrected chi connectivity index (χ4v) is 2.05. The van der Waals surface area contributed by atoms with E-state index in [0.29, 0.717) is 6.04 Å². The van der Waals surface area contributed by atoms with Crippen molar-refractivity contribution < 1.29 is 9.47 Å². The van der Waals surface area contributed by atoms with E-state index in [1.807, 2.05) is 18.2 Å². The van der Waals surface area contributed by atoms with E-state index in [4.69, 9.17) is 9.47 Å². The molecule has 0 spiro atoms. The molecule has 4 heteroatoms. The molecule has 1 atom stereocenters. The Morgan fingerprint density at radius 3 is 3.00 bits per heavy atom. The first kappa shape index (κ1) is 14.1. The van der Waals surface area contributed by atoms with Crippen molar-refractivity contribution in [2.24, 2.45) is 0 Å². The Bertz CT molecular complexity index is 343. The molecule has 1 aromatic carbocycles. The zero-order chi connectivity index (χ0) is 11.4. The van der Waals surface area contributed by atoms with Gasteiger partial charge in [0.25, 0.3) is 0 Å². The Kier molecular flexibility index (Phi) is 5.59. The molecule has 0 bridgehead atoms. The van der Waals surface area contributed by atoms with E-state index < -0.39 is 0 Å². The average molecular weight is 258 g/mol. The first-order chi connectivity index (χ1) is 7.85. The minimum absolute atomic E-state index is 0. The van der Waals surface area contributed by atoms with Crippen molar-refractivity contribution in [3.63, 3.8) is 0 Å². The van der Waals surface area contributed by atoms with Crippen LogP contribution >= 0.6 is 12.4 Å². The third-order valence-corrected chi connectivity index (χ3v) is 2.88. The maximum atomic E-state index is 5.73. The maximum absolute atomic E-state index is 5.73. The summed E-state index contributed by atoms with van der Waals surface area (Å²) in [5.74, 6) is 1.90. The molecular formula is C13H20ClNO2. The predicted octanol–water partition coefficient (Wildman–Crippen LogP) is 2.42. The lowest BCUT2D eigenvalue weighted by Crippen LogP contribution is -2.39. The van der Waals surface area contributed by atoms with E-state index in [1.165, 1.54) is 5.56 Å². The molecule has 0 fully saturated rings. The molecule has 1 aliphatic rings. The summed E-state index contributed by atoms with van der Waals surface area (Å²) in [6.07, 6.45) is 2.13. The molecule has 1 aromatic rings. The number of hydrogen-bond acceptors (Lipinski definition) is 3. The van der Waals surface area contributed by atoms with Crippen molar-refractivity contribution in [2.75, 3.05) is 20.3 Å². The summed E-state index contributed by atoms with van der Waals surface area (Å²) >= 11 is 0. The Morgan fingerprint density at radius 1 is 1.47 bits per heavy atom. The molecule has 0 radical (unpaired) electrons. The molecule has 1 unspecified atom stereocenters. The summed E-state index contributed by atoms with van der Waals surface area (Å²) < 4.78 is 11.1. The standard InChI is InChI=1S/C13H19NO2.ClH/c1-3-7-14-10-8-11-12(15-2)5-4-6-13(11)16-9-10;/h4-6,10,14H,3,7-9H2,1-2H3;1H. The van der Waals surface area contributed by atoms with E-state index in [0.717, 1.165) is 37.5 Å². The molecule has 1 heterocycles. The number of methoxy groups -OCH3 is 1. The number of ether oxygens (including phenoxy) is 2. The van der Waals surface area contributed by atoms with Crippen LogP contribution in [-0.2, 0) is 6.42 Å². The first-order valence-electron chi connectivity index (χ1n) is 5.87. The molecule has 1 aliphatic heterocycles. The molecule has 1 N–H and O–H groups in total. The van der Waals surface area contributed by atoms with Gasteiger partial charge in [-0.25, -0.2) is 0 Å². The van der Waals surface area contributed by atoms with Crippen molar-refractivity contribution in [3.05, 3.63) is 23.8 Å². The molecule has 0 saturated heterocycles. The summed E-state index contributed by atoms with van der Waals surface area (Å²) in [6.45, 7) is 3.96. The minimum atomic E-state index is 0. The second-order valence-electron chi connectivity index (χ2n) is 4.10. The lowest BCUT2D eigenvalue weighted by molar-refractivity contribution is 0.235. The summed E-state index contributed by atoms with van der Waals surface area (Å²) in [7, 11) is 1.71. The molecular weight excluding hydrogens is 238 g/mol. The van der Waals surface area contributed by atoms with Gasteiger partial charge in [0.05, 0.1) is 7.11 Å². The van der Waals surface area contributed by atoms with Crippen LogP contribution in [0.3, 0.4) is 0 Å². The number of rotatable bonds is 4. The van der Waals surface area contributed by atoms with Gasteiger partial charge in [-0.1, -0.05) is 13.0 Å². The van der Waals surface area contributed by atoms with Crippen LogP contribution in [0.4, 0.5) is 0 Å². The van der Waals surface area contributed by atoms with Crippen LogP contribution in [0, 0.1) is 0 Å². The molecule has 0 amide bonds. The van der Waals surface area contributed by atoms with Gasteiger partial charge in [-0.3, -0.25) is 0 Å². The van der Waals surface area contributed by atoms with Crippen LogP contribution in [0.15, 0.2) is 18.2 Å². The van der Waals surface area contributed by atoms with E-state index in [-0.39, 0.29) is 12.4 Å². The van der Waals surface area contributed by atoms with Crippen LogP contribution in [-0.4, -0.2) is 26.3 Å². The average Bonchev–Trinajstić information content (AvgIpc) is 2.35. The van der Waals surface area contributed by atoms with Crippen LogP contribution in [0.25, 0.3) is 0 Å². The number of nitrogens with one attached hydrogen (secondary N) is 1. The molecule has 0 aromatic heterocycles. The van der Waals surface area contributed by atoms with Gasteiger partial charge in [-0.15, -0.1) is 12.4 Å². The second-order valence-corrected chi connectivity index (χ2v) is 4.10. The molecule has 0 aliphatic carbocycles. The number of hydrogen-bond donors (Lipinski definition) is 1. The first-order valence-corrected chi connectivity index (χ1v) is 5.87. The van der Waals surface area contributed by atoms with E-state index in [2.05, 4.69) is 12.2 Å². The van der Waals surface area contributed by atoms with Crippen LogP contribution in [0.1, 0.15) is 18.9 Å². The number of benzene rings is 1. The Labute approximate surface area is 109 Å². The Morgan fingerprint density at radius 2 is 2.29 bits per heavy atom. The predicted molar refractivity (Wildman–Crippen MR) is 71.5 cm³/mol. The number of halogens is 1. The lowest BCUT2D eigenvalue weighted by Gasteiger charge is -2.27. The highest BCUT2D eigenvalue weighted by Crippen LogP contribution is 2.32. The molecule has 3 nitrogen and oxygen atoms in total. The van der Waals surface area contributed by atoms with Gasteiger partial charge in [-0.05, 0) is 31.5 Å². The summed E-state index contributed by atoms with van der Waals surface area (Å²) in [5, 5.41) is 3.48. The molecule has 2 rings (SSSR count). The van der Waals surface area contributed by atoms with Crippen LogP contribution in [0.2, 0.25) is 0 Å². The third kappa shape index (κ3) is 3.27. The van der Waals surface area contributed by atoms with Gasteiger partial charge in [0.15, 0.2) is 0 Å². The fraction of sp³-hybridized carbons (Fsp3) is 0.538. The van der Waals surface area contributed by atoms with Gasteiger partial charge in [0.1, 0.15) is 18.1 Å². The van der Waals surface area contributed by atoms with Gasteiger partial charge < -0.3 is 14.8 Å². The van der Waals surface area contributed by atoms with Gasteiger partial charge in [-0.2, -0.15) is 0 Å². The van der Waals surface area contributed by atoms with Gasteiger partial charge >= 0.3 is 0 Å². The van der Waals surface area contributed by atoms with E-state index in [9.17, 15) is 0 Å². The van der Waals surface area contributed by atoms with Crippen molar-refractivity contribution >= 4 is 12.4 Å². The third-order valence-electron chi connectivity index (χ3n) is 2.88. The van der Waals surface area contributed by atoms with Crippen molar-refractivity contribution in [2.45, 2.75) is 25.8 Å². The second kappa shape index (κ2) is 6.72. The van der Waals surface area contributed by atoms with Crippen LogP contribution in [0.5, 0.6) is 11.5 Å². The zero-order valence-electron chi connectivity index (χ0n) is 10.4.